The van der Waals surface area contributed by atoms with E-state index in [4.69, 9.17) is 9.84 Å². The number of aliphatic carboxylic acids is 1. The van der Waals surface area contributed by atoms with Gasteiger partial charge in [-0.2, -0.15) is 0 Å². The maximum Gasteiger partial charge on any atom is 0.321 e. The van der Waals surface area contributed by atoms with Gasteiger partial charge < -0.3 is 25.6 Å². The highest BCUT2D eigenvalue weighted by Gasteiger charge is 2.20. The number of phenolic OH excluding ortho intramolecular Hbond substituents is 1. The minimum atomic E-state index is -1.10. The maximum atomic E-state index is 11.8. The number of para-hydroxylation sites is 2. The molecular weight excluding hydrogens is 276 g/mol. The molecule has 1 amide bonds. The van der Waals surface area contributed by atoms with Crippen molar-refractivity contribution in [1.29, 1.82) is 0 Å². The predicted octanol–water partition coefficient (Wildman–Crippen LogP) is 0.800. The Morgan fingerprint density at radius 3 is 2.67 bits per heavy atom. The summed E-state index contributed by atoms with van der Waals surface area (Å²) < 4.78 is 4.86. The van der Waals surface area contributed by atoms with Crippen molar-refractivity contribution in [1.82, 2.24) is 5.32 Å². The van der Waals surface area contributed by atoms with Gasteiger partial charge in [0.25, 0.3) is 0 Å². The summed E-state index contributed by atoms with van der Waals surface area (Å²) in [5, 5.41) is 23.9. The van der Waals surface area contributed by atoms with E-state index in [0.29, 0.717) is 19.6 Å². The molecule has 0 aliphatic heterocycles. The fourth-order valence-electron chi connectivity index (χ4n) is 1.71. The van der Waals surface area contributed by atoms with Crippen molar-refractivity contribution in [2.24, 2.45) is 0 Å². The Kier molecular flexibility index (Phi) is 7.20. The number of hydrogen-bond donors (Lipinski definition) is 4. The van der Waals surface area contributed by atoms with Crippen LogP contribution in [0.15, 0.2) is 24.3 Å². The monoisotopic (exact) mass is 296 g/mol. The van der Waals surface area contributed by atoms with E-state index >= 15 is 0 Å². The fraction of sp³-hybridized carbons (Fsp3) is 0.429. The van der Waals surface area contributed by atoms with E-state index < -0.39 is 17.9 Å². The van der Waals surface area contributed by atoms with Crippen molar-refractivity contribution in [3.63, 3.8) is 0 Å². The van der Waals surface area contributed by atoms with Gasteiger partial charge in [-0.15, -0.1) is 0 Å². The number of nitrogens with one attached hydrogen (secondary N) is 2. The Hall–Kier alpha value is -2.12. The van der Waals surface area contributed by atoms with Crippen LogP contribution in [0.1, 0.15) is 12.8 Å². The molecule has 0 bridgehead atoms. The molecule has 0 saturated carbocycles. The molecule has 0 aliphatic carbocycles. The first-order valence-electron chi connectivity index (χ1n) is 6.57. The van der Waals surface area contributed by atoms with Crippen molar-refractivity contribution in [2.45, 2.75) is 18.9 Å². The lowest BCUT2D eigenvalue weighted by Gasteiger charge is -2.14. The molecule has 7 heteroatoms. The molecule has 1 atom stereocenters. The second-order valence-corrected chi connectivity index (χ2v) is 4.46. The second kappa shape index (κ2) is 8.93. The molecule has 0 spiro atoms. The van der Waals surface area contributed by atoms with Crippen LogP contribution in [0.3, 0.4) is 0 Å². The summed E-state index contributed by atoms with van der Waals surface area (Å²) >= 11 is 0. The van der Waals surface area contributed by atoms with Gasteiger partial charge in [-0.05, 0) is 25.1 Å². The quantitative estimate of drug-likeness (QED) is 0.396. The number of anilines is 1. The van der Waals surface area contributed by atoms with Crippen LogP contribution >= 0.6 is 0 Å². The summed E-state index contributed by atoms with van der Waals surface area (Å²) in [7, 11) is 1.56. The van der Waals surface area contributed by atoms with Gasteiger partial charge in [0, 0.05) is 13.7 Å². The number of hydrogen-bond acceptors (Lipinski definition) is 5. The third kappa shape index (κ3) is 6.24. The standard InChI is InChI=1S/C14H20N2O5/c1-21-8-4-7-15-11(14(19)20)9-13(18)16-10-5-2-3-6-12(10)17/h2-3,5-6,11,15,17H,4,7-9H2,1H3,(H,16,18)(H,19,20)/t11-/m0/s1. The van der Waals surface area contributed by atoms with E-state index in [1.807, 2.05) is 0 Å². The first-order valence-corrected chi connectivity index (χ1v) is 6.57. The zero-order chi connectivity index (χ0) is 15.7. The van der Waals surface area contributed by atoms with Gasteiger partial charge in [0.1, 0.15) is 11.8 Å². The molecule has 1 aromatic rings. The van der Waals surface area contributed by atoms with Gasteiger partial charge in [0.05, 0.1) is 12.1 Å². The Bertz CT molecular complexity index is 478. The number of ether oxygens (including phenoxy) is 1. The number of carboxylic acids is 1. The zero-order valence-electron chi connectivity index (χ0n) is 11.8. The molecule has 1 aromatic carbocycles. The lowest BCUT2D eigenvalue weighted by Crippen LogP contribution is -2.40. The highest BCUT2D eigenvalue weighted by molar-refractivity contribution is 5.95. The molecule has 0 heterocycles. The number of rotatable bonds is 9. The molecule has 0 aliphatic rings. The fourth-order valence-corrected chi connectivity index (χ4v) is 1.71. The minimum absolute atomic E-state index is 0.0641. The topological polar surface area (TPSA) is 108 Å². The lowest BCUT2D eigenvalue weighted by atomic mass is 10.2. The second-order valence-electron chi connectivity index (χ2n) is 4.46. The zero-order valence-corrected chi connectivity index (χ0v) is 11.8. The number of carboxylic acid groups (broad SMARTS) is 1. The van der Waals surface area contributed by atoms with E-state index in [9.17, 15) is 14.7 Å². The van der Waals surface area contributed by atoms with Crippen LogP contribution in [-0.2, 0) is 14.3 Å². The SMILES string of the molecule is COCCCN[C@@H](CC(=O)Nc1ccccc1O)C(=O)O. The van der Waals surface area contributed by atoms with E-state index in [-0.39, 0.29) is 17.9 Å². The average molecular weight is 296 g/mol. The summed E-state index contributed by atoms with van der Waals surface area (Å²) in [5.74, 6) is -1.64. The van der Waals surface area contributed by atoms with E-state index in [1.165, 1.54) is 12.1 Å². The van der Waals surface area contributed by atoms with Crippen LogP contribution in [0.5, 0.6) is 5.75 Å². The van der Waals surface area contributed by atoms with Gasteiger partial charge in [0.2, 0.25) is 5.91 Å². The molecule has 0 fully saturated rings. The van der Waals surface area contributed by atoms with E-state index in [0.717, 1.165) is 0 Å². The Labute approximate surface area is 122 Å². The normalized spacial score (nSPS) is 11.9. The van der Waals surface area contributed by atoms with Gasteiger partial charge in [0.15, 0.2) is 0 Å². The molecule has 0 aromatic heterocycles. The highest BCUT2D eigenvalue weighted by atomic mass is 16.5. The third-order valence-corrected chi connectivity index (χ3v) is 2.78. The van der Waals surface area contributed by atoms with Gasteiger partial charge in [-0.25, -0.2) is 0 Å². The van der Waals surface area contributed by atoms with E-state index in [2.05, 4.69) is 10.6 Å². The summed E-state index contributed by atoms with van der Waals surface area (Å²) in [6.07, 6.45) is 0.429. The van der Waals surface area contributed by atoms with Crippen molar-refractivity contribution in [3.05, 3.63) is 24.3 Å². The summed E-state index contributed by atoms with van der Waals surface area (Å²) in [4.78, 5) is 22.9. The first-order chi connectivity index (χ1) is 10.0. The number of carbonyl (C=O) groups excluding carboxylic acids is 1. The number of amides is 1. The summed E-state index contributed by atoms with van der Waals surface area (Å²) in [6, 6.07) is 5.28. The van der Waals surface area contributed by atoms with Crippen molar-refractivity contribution >= 4 is 17.6 Å². The van der Waals surface area contributed by atoms with Crippen LogP contribution in [0.4, 0.5) is 5.69 Å². The van der Waals surface area contributed by atoms with Gasteiger partial charge >= 0.3 is 5.97 Å². The first kappa shape index (κ1) is 16.9. The molecule has 7 nitrogen and oxygen atoms in total. The van der Waals surface area contributed by atoms with Crippen molar-refractivity contribution in [2.75, 3.05) is 25.6 Å². The Morgan fingerprint density at radius 2 is 2.05 bits per heavy atom. The number of phenols is 1. The Morgan fingerprint density at radius 1 is 1.33 bits per heavy atom. The van der Waals surface area contributed by atoms with Crippen LogP contribution in [0, 0.1) is 0 Å². The molecule has 1 rings (SSSR count). The van der Waals surface area contributed by atoms with Crippen LogP contribution in [0.2, 0.25) is 0 Å². The van der Waals surface area contributed by atoms with Gasteiger partial charge in [-0.1, -0.05) is 12.1 Å². The van der Waals surface area contributed by atoms with Crippen LogP contribution in [-0.4, -0.2) is 48.4 Å². The number of methoxy groups -OCH3 is 1. The maximum absolute atomic E-state index is 11.8. The smallest absolute Gasteiger partial charge is 0.321 e. The molecule has 116 valence electrons. The molecular formula is C14H20N2O5. The Balaban J connectivity index is 2.49. The largest absolute Gasteiger partial charge is 0.506 e. The predicted molar refractivity (Wildman–Crippen MR) is 77.3 cm³/mol. The minimum Gasteiger partial charge on any atom is -0.506 e. The summed E-state index contributed by atoms with van der Waals surface area (Å²) in [5.41, 5.74) is 0.256. The molecule has 0 unspecified atom stereocenters. The van der Waals surface area contributed by atoms with Crippen molar-refractivity contribution in [3.8, 4) is 5.75 Å². The lowest BCUT2D eigenvalue weighted by molar-refractivity contribution is -0.141. The number of aromatic hydroxyl groups is 1. The van der Waals surface area contributed by atoms with Crippen LogP contribution < -0.4 is 10.6 Å². The van der Waals surface area contributed by atoms with Gasteiger partial charge in [-0.3, -0.25) is 9.59 Å². The number of carbonyl (C=O) groups is 2. The van der Waals surface area contributed by atoms with Crippen LogP contribution in [0.25, 0.3) is 0 Å². The molecule has 0 saturated heterocycles. The number of benzene rings is 1. The van der Waals surface area contributed by atoms with Crippen molar-refractivity contribution < 1.29 is 24.5 Å². The summed E-state index contributed by atoms with van der Waals surface area (Å²) in [6.45, 7) is 0.956. The average Bonchev–Trinajstić information content (AvgIpc) is 2.44. The molecule has 0 radical (unpaired) electrons. The van der Waals surface area contributed by atoms with E-state index in [1.54, 1.807) is 19.2 Å². The highest BCUT2D eigenvalue weighted by Crippen LogP contribution is 2.21. The third-order valence-electron chi connectivity index (χ3n) is 2.78. The molecule has 4 N–H and O–H groups in total. The molecule has 21 heavy (non-hydrogen) atoms.